The van der Waals surface area contributed by atoms with E-state index in [9.17, 15) is 0 Å². The van der Waals surface area contributed by atoms with Crippen molar-refractivity contribution in [1.82, 2.24) is 9.97 Å². The molecule has 3 rings (SSSR count). The van der Waals surface area contributed by atoms with Gasteiger partial charge in [0.15, 0.2) is 0 Å². The molecule has 19 heavy (non-hydrogen) atoms. The number of nitrogen functional groups attached to an aromatic ring is 1. The Kier molecular flexibility index (Phi) is 3.33. The minimum absolute atomic E-state index is 0.550. The number of benzene rings is 2. The van der Waals surface area contributed by atoms with Crippen molar-refractivity contribution < 1.29 is 0 Å². The Morgan fingerprint density at radius 3 is 2.58 bits per heavy atom. The van der Waals surface area contributed by atoms with Crippen LogP contribution in [0.5, 0.6) is 0 Å². The molecule has 0 aliphatic rings. The van der Waals surface area contributed by atoms with Gasteiger partial charge < -0.3 is 5.73 Å². The molecule has 0 saturated heterocycles. The number of fused-ring (bicyclic) bond motifs is 1. The van der Waals surface area contributed by atoms with Gasteiger partial charge >= 0.3 is 0 Å². The third kappa shape index (κ3) is 2.68. The number of anilines is 1. The Bertz CT molecular complexity index is 726. The molecule has 0 aliphatic heterocycles. The van der Waals surface area contributed by atoms with Crippen molar-refractivity contribution in [2.24, 2.45) is 0 Å². The molecule has 0 bridgehead atoms. The molecule has 0 aliphatic carbocycles. The smallest absolute Gasteiger partial charge is 0.135 e. The van der Waals surface area contributed by atoms with Crippen LogP contribution in [0.15, 0.2) is 48.5 Å². The Balaban J connectivity index is 2.04. The second kappa shape index (κ2) is 5.13. The standard InChI is InChI=1S/C15H12IN3/c16-11-6-7-13-12(9-11)15(17)19-14(18-13)8-10-4-2-1-3-5-10/h1-7,9H,8H2,(H2,17,18,19). The van der Waals surface area contributed by atoms with Crippen molar-refractivity contribution in [2.75, 3.05) is 5.73 Å². The molecule has 2 N–H and O–H groups in total. The summed E-state index contributed by atoms with van der Waals surface area (Å²) in [6, 6.07) is 16.2. The summed E-state index contributed by atoms with van der Waals surface area (Å²) < 4.78 is 1.14. The van der Waals surface area contributed by atoms with Crippen molar-refractivity contribution in [1.29, 1.82) is 0 Å². The normalized spacial score (nSPS) is 10.8. The SMILES string of the molecule is Nc1nc(Cc2ccccc2)nc2ccc(I)cc12. The first kappa shape index (κ1) is 12.3. The monoisotopic (exact) mass is 361 g/mol. The molecule has 1 aromatic heterocycles. The zero-order valence-corrected chi connectivity index (χ0v) is 12.3. The molecule has 0 spiro atoms. The number of nitrogens with zero attached hydrogens (tertiary/aromatic N) is 2. The third-order valence-electron chi connectivity index (χ3n) is 2.94. The summed E-state index contributed by atoms with van der Waals surface area (Å²) >= 11 is 2.26. The van der Waals surface area contributed by atoms with Crippen molar-refractivity contribution in [3.05, 3.63) is 63.5 Å². The molecular formula is C15H12IN3. The predicted octanol–water partition coefficient (Wildman–Crippen LogP) is 3.41. The first-order valence-electron chi connectivity index (χ1n) is 5.98. The van der Waals surface area contributed by atoms with Crippen LogP contribution in [0.1, 0.15) is 11.4 Å². The molecule has 0 unspecified atom stereocenters. The van der Waals surface area contributed by atoms with Gasteiger partial charge in [-0.3, -0.25) is 0 Å². The van der Waals surface area contributed by atoms with Gasteiger partial charge in [-0.1, -0.05) is 30.3 Å². The van der Waals surface area contributed by atoms with Crippen LogP contribution in [0.4, 0.5) is 5.82 Å². The Morgan fingerprint density at radius 2 is 1.79 bits per heavy atom. The van der Waals surface area contributed by atoms with E-state index >= 15 is 0 Å². The highest BCUT2D eigenvalue weighted by Gasteiger charge is 2.06. The van der Waals surface area contributed by atoms with E-state index in [1.807, 2.05) is 36.4 Å². The minimum Gasteiger partial charge on any atom is -0.383 e. The van der Waals surface area contributed by atoms with E-state index in [0.29, 0.717) is 12.2 Å². The number of nitrogens with two attached hydrogens (primary N) is 1. The zero-order chi connectivity index (χ0) is 13.2. The van der Waals surface area contributed by atoms with Crippen LogP contribution in [0.3, 0.4) is 0 Å². The highest BCUT2D eigenvalue weighted by molar-refractivity contribution is 14.1. The van der Waals surface area contributed by atoms with Crippen molar-refractivity contribution in [3.63, 3.8) is 0 Å². The molecule has 3 nitrogen and oxygen atoms in total. The molecule has 2 aromatic carbocycles. The van der Waals surface area contributed by atoms with Gasteiger partial charge in [0.05, 0.1) is 5.52 Å². The molecule has 0 amide bonds. The van der Waals surface area contributed by atoms with Crippen molar-refractivity contribution in [2.45, 2.75) is 6.42 Å². The van der Waals surface area contributed by atoms with Crippen LogP contribution >= 0.6 is 22.6 Å². The highest BCUT2D eigenvalue weighted by atomic mass is 127. The lowest BCUT2D eigenvalue weighted by molar-refractivity contribution is 0.998. The summed E-state index contributed by atoms with van der Waals surface area (Å²) in [5.41, 5.74) is 8.11. The second-order valence-corrected chi connectivity index (χ2v) is 5.59. The topological polar surface area (TPSA) is 51.8 Å². The molecule has 0 saturated carbocycles. The minimum atomic E-state index is 0.550. The second-order valence-electron chi connectivity index (χ2n) is 4.35. The number of aromatic nitrogens is 2. The maximum absolute atomic E-state index is 6.03. The van der Waals surface area contributed by atoms with Crippen LogP contribution in [0, 0.1) is 3.57 Å². The van der Waals surface area contributed by atoms with Gasteiger partial charge in [0.2, 0.25) is 0 Å². The van der Waals surface area contributed by atoms with Crippen molar-refractivity contribution >= 4 is 39.3 Å². The fraction of sp³-hybridized carbons (Fsp3) is 0.0667. The first-order chi connectivity index (χ1) is 9.22. The van der Waals surface area contributed by atoms with Crippen LogP contribution in [0.25, 0.3) is 10.9 Å². The van der Waals surface area contributed by atoms with Gasteiger partial charge in [-0.25, -0.2) is 9.97 Å². The lowest BCUT2D eigenvalue weighted by Crippen LogP contribution is -2.02. The van der Waals surface area contributed by atoms with Crippen LogP contribution < -0.4 is 5.73 Å². The van der Waals surface area contributed by atoms with Crippen LogP contribution in [-0.2, 0) is 6.42 Å². The van der Waals surface area contributed by atoms with Gasteiger partial charge in [-0.05, 0) is 46.4 Å². The number of rotatable bonds is 2. The summed E-state index contributed by atoms with van der Waals surface area (Å²) in [5.74, 6) is 1.31. The number of hydrogen-bond acceptors (Lipinski definition) is 3. The summed E-state index contributed by atoms with van der Waals surface area (Å²) in [6.07, 6.45) is 0.701. The fourth-order valence-corrected chi connectivity index (χ4v) is 2.52. The molecule has 3 aromatic rings. The van der Waals surface area contributed by atoms with E-state index in [1.165, 1.54) is 5.56 Å². The molecule has 0 radical (unpaired) electrons. The summed E-state index contributed by atoms with van der Waals surface area (Å²) in [4.78, 5) is 8.98. The number of hydrogen-bond donors (Lipinski definition) is 1. The van der Waals surface area contributed by atoms with Gasteiger partial charge in [-0.2, -0.15) is 0 Å². The van der Waals surface area contributed by atoms with Crippen molar-refractivity contribution in [3.8, 4) is 0 Å². The fourth-order valence-electron chi connectivity index (χ4n) is 2.03. The zero-order valence-electron chi connectivity index (χ0n) is 10.2. The van der Waals surface area contributed by atoms with Crippen LogP contribution in [0.2, 0.25) is 0 Å². The molecule has 0 fully saturated rings. The van der Waals surface area contributed by atoms with E-state index in [1.54, 1.807) is 0 Å². The maximum Gasteiger partial charge on any atom is 0.135 e. The molecule has 1 heterocycles. The van der Waals surface area contributed by atoms with E-state index in [2.05, 4.69) is 44.7 Å². The average molecular weight is 361 g/mol. The van der Waals surface area contributed by atoms with Crippen LogP contribution in [-0.4, -0.2) is 9.97 Å². The molecular weight excluding hydrogens is 349 g/mol. The lowest BCUT2D eigenvalue weighted by Gasteiger charge is -2.06. The van der Waals surface area contributed by atoms with E-state index in [-0.39, 0.29) is 0 Å². The summed E-state index contributed by atoms with van der Waals surface area (Å²) in [5, 5.41) is 0.920. The number of halogens is 1. The van der Waals surface area contributed by atoms with Gasteiger partial charge in [0.25, 0.3) is 0 Å². The highest BCUT2D eigenvalue weighted by Crippen LogP contribution is 2.21. The Labute approximate surface area is 125 Å². The quantitative estimate of drug-likeness (QED) is 0.712. The van der Waals surface area contributed by atoms with E-state index in [0.717, 1.165) is 20.3 Å². The van der Waals surface area contributed by atoms with E-state index in [4.69, 9.17) is 5.73 Å². The summed E-state index contributed by atoms with van der Waals surface area (Å²) in [6.45, 7) is 0. The van der Waals surface area contributed by atoms with Gasteiger partial charge in [-0.15, -0.1) is 0 Å². The van der Waals surface area contributed by atoms with Gasteiger partial charge in [0.1, 0.15) is 11.6 Å². The molecule has 0 atom stereocenters. The maximum atomic E-state index is 6.03. The Hall–Kier alpha value is -1.69. The Morgan fingerprint density at radius 1 is 1.00 bits per heavy atom. The largest absolute Gasteiger partial charge is 0.383 e. The molecule has 4 heteroatoms. The third-order valence-corrected chi connectivity index (χ3v) is 3.61. The average Bonchev–Trinajstić information content (AvgIpc) is 2.41. The van der Waals surface area contributed by atoms with E-state index < -0.39 is 0 Å². The first-order valence-corrected chi connectivity index (χ1v) is 7.06. The summed E-state index contributed by atoms with van der Waals surface area (Å²) in [7, 11) is 0. The van der Waals surface area contributed by atoms with Gasteiger partial charge in [0, 0.05) is 15.4 Å². The molecule has 94 valence electrons. The predicted molar refractivity (Wildman–Crippen MR) is 85.9 cm³/mol. The lowest BCUT2D eigenvalue weighted by atomic mass is 10.1.